The molecule has 19 heavy (non-hydrogen) atoms. The lowest BCUT2D eigenvalue weighted by Gasteiger charge is -2.17. The second-order valence-corrected chi connectivity index (χ2v) is 5.83. The van der Waals surface area contributed by atoms with Crippen molar-refractivity contribution in [2.75, 3.05) is 26.8 Å². The molecule has 0 N–H and O–H groups in total. The quantitative estimate of drug-likeness (QED) is 0.613. The van der Waals surface area contributed by atoms with Crippen LogP contribution < -0.4 is 4.74 Å². The van der Waals surface area contributed by atoms with Gasteiger partial charge in [-0.2, -0.15) is 0 Å². The molecule has 0 aliphatic carbocycles. The number of methoxy groups -OCH3 is 1. The van der Waals surface area contributed by atoms with Gasteiger partial charge in [0, 0.05) is 17.6 Å². The van der Waals surface area contributed by atoms with Gasteiger partial charge in [-0.15, -0.1) is 11.8 Å². The van der Waals surface area contributed by atoms with Crippen LogP contribution in [0, 0.1) is 0 Å². The Hall–Kier alpha value is -0.750. The van der Waals surface area contributed by atoms with Crippen LogP contribution in [0.5, 0.6) is 5.75 Å². The lowest BCUT2D eigenvalue weighted by molar-refractivity contribution is -0.0813. The summed E-state index contributed by atoms with van der Waals surface area (Å²) in [5, 5.41) is 0. The van der Waals surface area contributed by atoms with Gasteiger partial charge in [0.15, 0.2) is 13.1 Å². The van der Waals surface area contributed by atoms with Gasteiger partial charge in [0.2, 0.25) is 0 Å². The molecular formula is C14H20O4S. The average Bonchev–Trinajstić information content (AvgIpc) is 2.76. The Morgan fingerprint density at radius 2 is 2.21 bits per heavy atom. The minimum absolute atomic E-state index is 0.227. The summed E-state index contributed by atoms with van der Waals surface area (Å²) >= 11 is 1.63. The van der Waals surface area contributed by atoms with Crippen LogP contribution in [0.4, 0.5) is 0 Å². The maximum absolute atomic E-state index is 5.86. The molecule has 1 aromatic rings. The van der Waals surface area contributed by atoms with Gasteiger partial charge in [0.1, 0.15) is 5.75 Å². The lowest BCUT2D eigenvalue weighted by atomic mass is 10.2. The molecule has 1 aliphatic rings. The molecule has 0 spiro atoms. The second kappa shape index (κ2) is 6.13. The molecular weight excluding hydrogens is 264 g/mol. The van der Waals surface area contributed by atoms with Crippen LogP contribution in [0.15, 0.2) is 23.1 Å². The molecule has 0 saturated carbocycles. The zero-order valence-corrected chi connectivity index (χ0v) is 12.6. The SMILES string of the molecule is COCOc1ccc(C2OCC(C)(C)O2)cc1SC. The number of ether oxygens (including phenoxy) is 4. The minimum atomic E-state index is -0.294. The smallest absolute Gasteiger partial charge is 0.188 e. The average molecular weight is 284 g/mol. The number of hydrogen-bond donors (Lipinski definition) is 0. The van der Waals surface area contributed by atoms with Crippen LogP contribution >= 0.6 is 11.8 Å². The fraction of sp³-hybridized carbons (Fsp3) is 0.571. The highest BCUT2D eigenvalue weighted by atomic mass is 32.2. The summed E-state index contributed by atoms with van der Waals surface area (Å²) in [4.78, 5) is 1.05. The summed E-state index contributed by atoms with van der Waals surface area (Å²) < 4.78 is 22.0. The van der Waals surface area contributed by atoms with E-state index >= 15 is 0 Å². The van der Waals surface area contributed by atoms with Crippen molar-refractivity contribution in [3.05, 3.63) is 23.8 Å². The first kappa shape index (κ1) is 14.7. The highest BCUT2D eigenvalue weighted by Crippen LogP contribution is 2.36. The maximum Gasteiger partial charge on any atom is 0.188 e. The van der Waals surface area contributed by atoms with Crippen LogP contribution in [0.25, 0.3) is 0 Å². The Kier molecular flexibility index (Phi) is 4.73. The van der Waals surface area contributed by atoms with Crippen LogP contribution in [0.1, 0.15) is 25.7 Å². The van der Waals surface area contributed by atoms with Gasteiger partial charge in [0.05, 0.1) is 12.2 Å². The summed E-state index contributed by atoms with van der Waals surface area (Å²) in [7, 11) is 1.61. The van der Waals surface area contributed by atoms with E-state index in [1.807, 2.05) is 38.3 Å². The van der Waals surface area contributed by atoms with Gasteiger partial charge < -0.3 is 18.9 Å². The molecule has 1 atom stereocenters. The highest BCUT2D eigenvalue weighted by Gasteiger charge is 2.33. The Morgan fingerprint density at radius 3 is 2.79 bits per heavy atom. The second-order valence-electron chi connectivity index (χ2n) is 4.98. The third kappa shape index (κ3) is 3.63. The zero-order chi connectivity index (χ0) is 13.9. The largest absolute Gasteiger partial charge is 0.466 e. The standard InChI is InChI=1S/C14H20O4S/c1-14(2)8-16-13(18-14)10-5-6-11(17-9-15-3)12(7-10)19-4/h5-7,13H,8-9H2,1-4H3. The van der Waals surface area contributed by atoms with Crippen molar-refractivity contribution in [3.8, 4) is 5.75 Å². The minimum Gasteiger partial charge on any atom is -0.466 e. The van der Waals surface area contributed by atoms with Gasteiger partial charge in [0.25, 0.3) is 0 Å². The van der Waals surface area contributed by atoms with E-state index < -0.39 is 0 Å². The number of rotatable bonds is 5. The molecule has 0 radical (unpaired) electrons. The molecule has 2 rings (SSSR count). The van der Waals surface area contributed by atoms with Crippen LogP contribution in [-0.2, 0) is 14.2 Å². The third-order valence-corrected chi connectivity index (χ3v) is 3.56. The first-order chi connectivity index (χ1) is 9.05. The van der Waals surface area contributed by atoms with Crippen LogP contribution in [0.2, 0.25) is 0 Å². The molecule has 1 aromatic carbocycles. The van der Waals surface area contributed by atoms with Gasteiger partial charge in [-0.3, -0.25) is 0 Å². The zero-order valence-electron chi connectivity index (χ0n) is 11.8. The first-order valence-electron chi connectivity index (χ1n) is 6.15. The van der Waals surface area contributed by atoms with Crippen molar-refractivity contribution in [3.63, 3.8) is 0 Å². The molecule has 1 fully saturated rings. The Balaban J connectivity index is 2.15. The predicted molar refractivity (Wildman–Crippen MR) is 74.6 cm³/mol. The summed E-state index contributed by atoms with van der Waals surface area (Å²) in [5.74, 6) is 0.815. The van der Waals surface area contributed by atoms with Crippen LogP contribution in [0.3, 0.4) is 0 Å². The fourth-order valence-corrected chi connectivity index (χ4v) is 2.45. The summed E-state index contributed by atoms with van der Waals surface area (Å²) in [6.07, 6.45) is 1.72. The van der Waals surface area contributed by atoms with Gasteiger partial charge in [-0.25, -0.2) is 0 Å². The highest BCUT2D eigenvalue weighted by molar-refractivity contribution is 7.98. The topological polar surface area (TPSA) is 36.9 Å². The van der Waals surface area contributed by atoms with Crippen LogP contribution in [-0.4, -0.2) is 32.4 Å². The monoisotopic (exact) mass is 284 g/mol. The Morgan fingerprint density at radius 1 is 1.42 bits per heavy atom. The molecule has 4 nitrogen and oxygen atoms in total. The summed E-state index contributed by atoms with van der Waals surface area (Å²) in [5.41, 5.74) is 0.787. The van der Waals surface area contributed by atoms with E-state index in [1.54, 1.807) is 18.9 Å². The molecule has 5 heteroatoms. The summed E-state index contributed by atoms with van der Waals surface area (Å²) in [6.45, 7) is 4.90. The Bertz CT molecular complexity index is 433. The number of benzene rings is 1. The van der Waals surface area contributed by atoms with Crippen molar-refractivity contribution < 1.29 is 18.9 Å². The van der Waals surface area contributed by atoms with E-state index in [9.17, 15) is 0 Å². The fourth-order valence-electron chi connectivity index (χ4n) is 1.87. The van der Waals surface area contributed by atoms with E-state index in [2.05, 4.69) is 0 Å². The predicted octanol–water partition coefficient (Wildman–Crippen LogP) is 3.22. The van der Waals surface area contributed by atoms with Crippen molar-refractivity contribution in [1.82, 2.24) is 0 Å². The number of thioether (sulfide) groups is 1. The Labute approximate surface area is 118 Å². The molecule has 1 aliphatic heterocycles. The van der Waals surface area contributed by atoms with Crippen molar-refractivity contribution in [2.24, 2.45) is 0 Å². The normalized spacial score (nSPS) is 21.6. The van der Waals surface area contributed by atoms with Gasteiger partial charge in [-0.05, 0) is 32.2 Å². The molecule has 1 unspecified atom stereocenters. The van der Waals surface area contributed by atoms with E-state index in [0.717, 1.165) is 16.2 Å². The molecule has 0 aromatic heterocycles. The third-order valence-electron chi connectivity index (χ3n) is 2.80. The van der Waals surface area contributed by atoms with E-state index in [-0.39, 0.29) is 18.7 Å². The molecule has 106 valence electrons. The van der Waals surface area contributed by atoms with E-state index in [1.165, 1.54) is 0 Å². The first-order valence-corrected chi connectivity index (χ1v) is 7.37. The van der Waals surface area contributed by atoms with E-state index in [0.29, 0.717) is 6.61 Å². The van der Waals surface area contributed by atoms with E-state index in [4.69, 9.17) is 18.9 Å². The van der Waals surface area contributed by atoms with Crippen molar-refractivity contribution in [2.45, 2.75) is 30.6 Å². The molecule has 0 bridgehead atoms. The molecule has 1 saturated heterocycles. The maximum atomic E-state index is 5.86. The van der Waals surface area contributed by atoms with Crippen molar-refractivity contribution >= 4 is 11.8 Å². The number of hydrogen-bond acceptors (Lipinski definition) is 5. The summed E-state index contributed by atoms with van der Waals surface area (Å²) in [6, 6.07) is 5.94. The van der Waals surface area contributed by atoms with Gasteiger partial charge >= 0.3 is 0 Å². The van der Waals surface area contributed by atoms with Gasteiger partial charge in [-0.1, -0.05) is 6.07 Å². The van der Waals surface area contributed by atoms with Crippen molar-refractivity contribution in [1.29, 1.82) is 0 Å². The molecule has 1 heterocycles. The lowest BCUT2D eigenvalue weighted by Crippen LogP contribution is -2.21. The molecule has 0 amide bonds.